The van der Waals surface area contributed by atoms with Crippen LogP contribution in [0.4, 0.5) is 0 Å². The third-order valence-corrected chi connectivity index (χ3v) is 3.09. The summed E-state index contributed by atoms with van der Waals surface area (Å²) in [6.07, 6.45) is 5.02. The molecule has 1 atom stereocenters. The van der Waals surface area contributed by atoms with Gasteiger partial charge in [0.05, 0.1) is 17.9 Å². The van der Waals surface area contributed by atoms with Crippen LogP contribution in [0.25, 0.3) is 0 Å². The largest absolute Gasteiger partial charge is 0.318 e. The fourth-order valence-corrected chi connectivity index (χ4v) is 2.14. The monoisotopic (exact) mass is 205 g/mol. The Hall–Kier alpha value is -1.26. The molecule has 1 unspecified atom stereocenters. The minimum absolute atomic E-state index is 0.151. The van der Waals surface area contributed by atoms with Crippen LogP contribution >= 0.6 is 11.3 Å². The molecule has 14 heavy (non-hydrogen) atoms. The van der Waals surface area contributed by atoms with Gasteiger partial charge in [0.2, 0.25) is 0 Å². The average molecular weight is 205 g/mol. The molecule has 0 fully saturated rings. The van der Waals surface area contributed by atoms with Gasteiger partial charge < -0.3 is 5.73 Å². The highest BCUT2D eigenvalue weighted by Crippen LogP contribution is 2.23. The van der Waals surface area contributed by atoms with Gasteiger partial charge in [0.15, 0.2) is 0 Å². The second kappa shape index (κ2) is 3.86. The first-order valence-corrected chi connectivity index (χ1v) is 5.22. The molecular formula is C10H11N3S. The first-order valence-electron chi connectivity index (χ1n) is 4.34. The lowest BCUT2D eigenvalue weighted by Crippen LogP contribution is -2.12. The molecule has 0 aliphatic rings. The van der Waals surface area contributed by atoms with Crippen LogP contribution in [0.15, 0.2) is 30.0 Å². The van der Waals surface area contributed by atoms with Gasteiger partial charge in [-0.3, -0.25) is 9.97 Å². The lowest BCUT2D eigenvalue weighted by Gasteiger charge is -2.06. The Bertz CT molecular complexity index is 410. The van der Waals surface area contributed by atoms with Gasteiger partial charge in [-0.05, 0) is 23.9 Å². The standard InChI is InChI=1S/C10H11N3S/c1-7-4-9(14-6-7)10(11)8-5-12-2-3-13-8/h2-6,10H,11H2,1H3. The predicted octanol–water partition coefficient (Wildman–Crippen LogP) is 1.89. The summed E-state index contributed by atoms with van der Waals surface area (Å²) in [6, 6.07) is 1.94. The molecule has 2 rings (SSSR count). The molecule has 0 aliphatic carbocycles. The van der Waals surface area contributed by atoms with Crippen molar-refractivity contribution in [3.8, 4) is 0 Å². The Morgan fingerprint density at radius 1 is 1.43 bits per heavy atom. The molecule has 0 amide bonds. The van der Waals surface area contributed by atoms with Gasteiger partial charge in [0.1, 0.15) is 0 Å². The van der Waals surface area contributed by atoms with Crippen molar-refractivity contribution in [3.63, 3.8) is 0 Å². The van der Waals surface area contributed by atoms with Crippen LogP contribution in [-0.4, -0.2) is 9.97 Å². The van der Waals surface area contributed by atoms with Gasteiger partial charge >= 0.3 is 0 Å². The second-order valence-corrected chi connectivity index (χ2v) is 4.08. The number of hydrogen-bond acceptors (Lipinski definition) is 4. The molecule has 0 spiro atoms. The Balaban J connectivity index is 2.29. The average Bonchev–Trinajstić information content (AvgIpc) is 2.65. The van der Waals surface area contributed by atoms with E-state index in [0.29, 0.717) is 0 Å². The predicted molar refractivity (Wildman–Crippen MR) is 57.1 cm³/mol. The molecular weight excluding hydrogens is 194 g/mol. The quantitative estimate of drug-likeness (QED) is 0.814. The minimum atomic E-state index is -0.151. The molecule has 0 saturated carbocycles. The van der Waals surface area contributed by atoms with Gasteiger partial charge in [0.25, 0.3) is 0 Å². The second-order valence-electron chi connectivity index (χ2n) is 3.13. The first-order chi connectivity index (χ1) is 6.77. The molecule has 2 aromatic rings. The maximum atomic E-state index is 6.04. The fourth-order valence-electron chi connectivity index (χ4n) is 1.23. The van der Waals surface area contributed by atoms with Crippen LogP contribution in [0.5, 0.6) is 0 Å². The van der Waals surface area contributed by atoms with Gasteiger partial charge in [-0.25, -0.2) is 0 Å². The molecule has 2 N–H and O–H groups in total. The molecule has 4 heteroatoms. The summed E-state index contributed by atoms with van der Waals surface area (Å²) in [4.78, 5) is 9.31. The van der Waals surface area contributed by atoms with E-state index in [1.54, 1.807) is 29.9 Å². The summed E-state index contributed by atoms with van der Waals surface area (Å²) in [5.74, 6) is 0. The fraction of sp³-hybridized carbons (Fsp3) is 0.200. The number of thiophene rings is 1. The zero-order valence-corrected chi connectivity index (χ0v) is 8.66. The normalized spacial score (nSPS) is 12.7. The topological polar surface area (TPSA) is 51.8 Å². The van der Waals surface area contributed by atoms with E-state index in [4.69, 9.17) is 5.73 Å². The van der Waals surface area contributed by atoms with Gasteiger partial charge in [-0.2, -0.15) is 0 Å². The lowest BCUT2D eigenvalue weighted by atomic mass is 10.2. The molecule has 2 aromatic heterocycles. The van der Waals surface area contributed by atoms with Crippen LogP contribution in [-0.2, 0) is 0 Å². The van der Waals surface area contributed by atoms with Crippen molar-refractivity contribution in [1.82, 2.24) is 9.97 Å². The maximum Gasteiger partial charge on any atom is 0.0835 e. The Labute approximate surface area is 86.6 Å². The van der Waals surface area contributed by atoms with Crippen LogP contribution in [0, 0.1) is 6.92 Å². The summed E-state index contributed by atoms with van der Waals surface area (Å²) in [7, 11) is 0. The first kappa shape index (κ1) is 9.30. The zero-order chi connectivity index (χ0) is 9.97. The smallest absolute Gasteiger partial charge is 0.0835 e. The van der Waals surface area contributed by atoms with Crippen molar-refractivity contribution in [2.24, 2.45) is 5.73 Å². The molecule has 2 heterocycles. The number of rotatable bonds is 2. The molecule has 0 bridgehead atoms. The summed E-state index contributed by atoms with van der Waals surface area (Å²) in [6.45, 7) is 2.06. The number of nitrogens with zero attached hydrogens (tertiary/aromatic N) is 2. The molecule has 0 radical (unpaired) electrons. The number of aromatic nitrogens is 2. The van der Waals surface area contributed by atoms with Crippen molar-refractivity contribution >= 4 is 11.3 Å². The van der Waals surface area contributed by atoms with Crippen LogP contribution in [0.3, 0.4) is 0 Å². The van der Waals surface area contributed by atoms with Crippen molar-refractivity contribution in [3.05, 3.63) is 46.2 Å². The highest BCUT2D eigenvalue weighted by molar-refractivity contribution is 7.10. The number of hydrogen-bond donors (Lipinski definition) is 1. The lowest BCUT2D eigenvalue weighted by molar-refractivity contribution is 0.834. The SMILES string of the molecule is Cc1csc(C(N)c2cnccn2)c1. The minimum Gasteiger partial charge on any atom is -0.318 e. The Morgan fingerprint density at radius 2 is 2.29 bits per heavy atom. The highest BCUT2D eigenvalue weighted by atomic mass is 32.1. The van der Waals surface area contributed by atoms with Gasteiger partial charge in [0, 0.05) is 17.3 Å². The number of nitrogens with two attached hydrogens (primary N) is 1. The summed E-state index contributed by atoms with van der Waals surface area (Å²) in [5, 5.41) is 2.09. The van der Waals surface area contributed by atoms with E-state index in [-0.39, 0.29) is 6.04 Å². The van der Waals surface area contributed by atoms with Crippen LogP contribution in [0.1, 0.15) is 22.2 Å². The van der Waals surface area contributed by atoms with E-state index in [0.717, 1.165) is 10.6 Å². The summed E-state index contributed by atoms with van der Waals surface area (Å²) < 4.78 is 0. The van der Waals surface area contributed by atoms with Crippen molar-refractivity contribution in [2.45, 2.75) is 13.0 Å². The van der Waals surface area contributed by atoms with E-state index < -0.39 is 0 Å². The van der Waals surface area contributed by atoms with E-state index in [1.807, 2.05) is 0 Å². The van der Waals surface area contributed by atoms with E-state index >= 15 is 0 Å². The van der Waals surface area contributed by atoms with Crippen LogP contribution < -0.4 is 5.73 Å². The molecule has 72 valence electrons. The van der Waals surface area contributed by atoms with Gasteiger partial charge in [-0.1, -0.05) is 0 Å². The summed E-state index contributed by atoms with van der Waals surface area (Å²) in [5.41, 5.74) is 8.09. The molecule has 0 aliphatic heterocycles. The molecule has 3 nitrogen and oxygen atoms in total. The third-order valence-electron chi connectivity index (χ3n) is 1.96. The van der Waals surface area contributed by atoms with Crippen molar-refractivity contribution in [1.29, 1.82) is 0 Å². The third kappa shape index (κ3) is 1.81. The maximum absolute atomic E-state index is 6.04. The van der Waals surface area contributed by atoms with E-state index in [9.17, 15) is 0 Å². The van der Waals surface area contributed by atoms with Crippen molar-refractivity contribution < 1.29 is 0 Å². The van der Waals surface area contributed by atoms with Crippen LogP contribution in [0.2, 0.25) is 0 Å². The molecule has 0 aromatic carbocycles. The zero-order valence-electron chi connectivity index (χ0n) is 7.84. The Kier molecular flexibility index (Phi) is 2.56. The van der Waals surface area contributed by atoms with E-state index in [1.165, 1.54) is 5.56 Å². The summed E-state index contributed by atoms with van der Waals surface area (Å²) >= 11 is 1.66. The molecule has 0 saturated heterocycles. The van der Waals surface area contributed by atoms with E-state index in [2.05, 4.69) is 28.3 Å². The van der Waals surface area contributed by atoms with Crippen molar-refractivity contribution in [2.75, 3.05) is 0 Å². The van der Waals surface area contributed by atoms with Gasteiger partial charge in [-0.15, -0.1) is 11.3 Å². The Morgan fingerprint density at radius 3 is 2.86 bits per heavy atom. The highest BCUT2D eigenvalue weighted by Gasteiger charge is 2.11. The number of aryl methyl sites for hydroxylation is 1.